The Balaban J connectivity index is 0.000000194. The van der Waals surface area contributed by atoms with Crippen LogP contribution in [-0.2, 0) is 55.9 Å². The first-order chi connectivity index (χ1) is 24.8. The van der Waals surface area contributed by atoms with E-state index in [-0.39, 0.29) is 9.79 Å². The maximum absolute atomic E-state index is 10.4. The van der Waals surface area contributed by atoms with Gasteiger partial charge in [-0.25, -0.2) is 35.1 Å². The third kappa shape index (κ3) is 9.50. The minimum atomic E-state index is -4.27. The highest BCUT2D eigenvalue weighted by Gasteiger charge is 2.23. The average molecular weight is 749 g/mol. The summed E-state index contributed by atoms with van der Waals surface area (Å²) in [4.78, 5) is -0.355. The topological polar surface area (TPSA) is 150 Å². The molecule has 14 heteroatoms. The fourth-order valence-corrected chi connectivity index (χ4v) is 7.14. The van der Waals surface area contributed by atoms with Crippen molar-refractivity contribution in [1.29, 1.82) is 0 Å². The summed E-state index contributed by atoms with van der Waals surface area (Å²) in [6.45, 7) is 14.2. The molecule has 0 unspecified atom stereocenters. The lowest BCUT2D eigenvalue weighted by Crippen LogP contribution is -2.41. The first-order valence-electron chi connectivity index (χ1n) is 16.9. The van der Waals surface area contributed by atoms with E-state index in [0.29, 0.717) is 26.4 Å². The van der Waals surface area contributed by atoms with E-state index in [0.717, 1.165) is 37.3 Å². The fraction of sp³-hybridized carbons (Fsp3) is 0.316. The van der Waals surface area contributed by atoms with Crippen molar-refractivity contribution in [3.8, 4) is 0 Å². The molecule has 0 N–H and O–H groups in total. The number of nitrogens with zero attached hydrogens (tertiary/aromatic N) is 4. The van der Waals surface area contributed by atoms with E-state index in [1.807, 2.05) is 13.8 Å². The number of para-hydroxylation sites is 4. The number of fused-ring (bicyclic) bond motifs is 10. The van der Waals surface area contributed by atoms with Crippen LogP contribution in [0.1, 0.15) is 22.8 Å². The maximum atomic E-state index is 10.4. The Morgan fingerprint density at radius 1 is 0.519 bits per heavy atom. The van der Waals surface area contributed by atoms with Crippen LogP contribution in [0.25, 0.3) is 22.1 Å². The van der Waals surface area contributed by atoms with Crippen molar-refractivity contribution in [2.75, 3.05) is 26.4 Å². The van der Waals surface area contributed by atoms with Gasteiger partial charge in [0, 0.05) is 13.8 Å². The molecule has 0 spiro atoms. The van der Waals surface area contributed by atoms with Gasteiger partial charge < -0.3 is 18.6 Å². The van der Waals surface area contributed by atoms with Gasteiger partial charge in [0.1, 0.15) is 46.4 Å². The van der Waals surface area contributed by atoms with Gasteiger partial charge in [-0.05, 0) is 62.4 Å². The lowest BCUT2D eigenvalue weighted by Gasteiger charge is -2.07. The number of aryl methyl sites for hydroxylation is 2. The van der Waals surface area contributed by atoms with E-state index in [9.17, 15) is 25.9 Å². The molecule has 0 atom stereocenters. The number of aromatic nitrogens is 4. The van der Waals surface area contributed by atoms with Crippen LogP contribution in [0.5, 0.6) is 0 Å². The summed E-state index contributed by atoms with van der Waals surface area (Å²) in [5.74, 6) is 2.50. The molecule has 0 amide bonds. The zero-order valence-corrected chi connectivity index (χ0v) is 31.4. The van der Waals surface area contributed by atoms with Crippen molar-refractivity contribution >= 4 is 42.3 Å². The Morgan fingerprint density at radius 2 is 0.865 bits per heavy atom. The summed E-state index contributed by atoms with van der Waals surface area (Å²) >= 11 is 0. The molecular weight excluding hydrogens is 705 g/mol. The highest BCUT2D eigenvalue weighted by atomic mass is 32.2. The number of benzene rings is 4. The molecule has 0 saturated carbocycles. The molecule has 276 valence electrons. The maximum Gasteiger partial charge on any atom is 0.254 e. The van der Waals surface area contributed by atoms with Crippen molar-refractivity contribution in [2.45, 2.75) is 63.7 Å². The summed E-state index contributed by atoms with van der Waals surface area (Å²) in [6, 6.07) is 28.8. The van der Waals surface area contributed by atoms with E-state index in [1.165, 1.54) is 58.0 Å². The second-order valence-electron chi connectivity index (χ2n) is 12.4. The average Bonchev–Trinajstić information content (AvgIpc) is 3.53. The third-order valence-electron chi connectivity index (χ3n) is 8.95. The standard InChI is InChI=1S/C24H30N4O2.2C7H8O3S/c1-19-25-11-15-29-17-13-27-20(2)28(24-10-6-5-9-23(24)27)14-18-30-16-12-26(19)22-8-4-3-7-21(22)25;2*1-6-2-4-7(5-3-6)11(8,9)10/h3-10H,11-18H2,1-2H3;2*2-5H,1H3,(H,8,9,10)/q+2;;/p-2. The minimum absolute atomic E-state index is 0.178. The summed E-state index contributed by atoms with van der Waals surface area (Å²) in [7, 11) is -8.54. The molecule has 12 nitrogen and oxygen atoms in total. The lowest BCUT2D eigenvalue weighted by molar-refractivity contribution is -0.687. The van der Waals surface area contributed by atoms with E-state index in [4.69, 9.17) is 9.47 Å². The third-order valence-corrected chi connectivity index (χ3v) is 10.6. The largest absolute Gasteiger partial charge is 0.744 e. The lowest BCUT2D eigenvalue weighted by atomic mass is 10.2. The smallest absolute Gasteiger partial charge is 0.254 e. The van der Waals surface area contributed by atoms with Gasteiger partial charge in [-0.2, -0.15) is 0 Å². The molecule has 0 aliphatic carbocycles. The summed E-state index contributed by atoms with van der Waals surface area (Å²) in [6.07, 6.45) is 0. The van der Waals surface area contributed by atoms with Crippen LogP contribution >= 0.6 is 0 Å². The fourth-order valence-electron chi connectivity index (χ4n) is 6.20. The highest BCUT2D eigenvalue weighted by Crippen LogP contribution is 2.16. The number of rotatable bonds is 2. The quantitative estimate of drug-likeness (QED) is 0.188. The molecule has 0 radical (unpaired) electrons. The second kappa shape index (κ2) is 16.9. The van der Waals surface area contributed by atoms with Crippen molar-refractivity contribution in [3.05, 3.63) is 120 Å². The first-order valence-corrected chi connectivity index (χ1v) is 19.7. The van der Waals surface area contributed by atoms with Gasteiger partial charge in [0.25, 0.3) is 11.6 Å². The number of hydrogen-bond acceptors (Lipinski definition) is 8. The predicted molar refractivity (Wildman–Crippen MR) is 194 cm³/mol. The molecule has 52 heavy (non-hydrogen) atoms. The molecule has 2 aromatic heterocycles. The van der Waals surface area contributed by atoms with Crippen LogP contribution in [0.3, 0.4) is 0 Å². The van der Waals surface area contributed by atoms with Gasteiger partial charge in [-0.3, -0.25) is 0 Å². The molecule has 0 fully saturated rings. The minimum Gasteiger partial charge on any atom is -0.744 e. The Morgan fingerprint density at radius 3 is 1.23 bits per heavy atom. The van der Waals surface area contributed by atoms with Crippen LogP contribution in [0.4, 0.5) is 0 Å². The Kier molecular flexibility index (Phi) is 12.6. The summed E-state index contributed by atoms with van der Waals surface area (Å²) in [5.41, 5.74) is 6.89. The van der Waals surface area contributed by atoms with Crippen LogP contribution in [-0.4, -0.2) is 61.5 Å². The highest BCUT2D eigenvalue weighted by molar-refractivity contribution is 7.86. The summed E-state index contributed by atoms with van der Waals surface area (Å²) in [5, 5.41) is 0. The van der Waals surface area contributed by atoms with Crippen molar-refractivity contribution in [1.82, 2.24) is 9.13 Å². The van der Waals surface area contributed by atoms with Crippen LogP contribution in [0.15, 0.2) is 107 Å². The molecule has 4 bridgehead atoms. The molecule has 4 aromatic carbocycles. The zero-order chi connectivity index (χ0) is 37.5. The van der Waals surface area contributed by atoms with E-state index < -0.39 is 20.2 Å². The second-order valence-corrected chi connectivity index (χ2v) is 15.2. The molecule has 3 heterocycles. The number of ether oxygens (including phenoxy) is 2. The molecule has 6 aromatic rings. The van der Waals surface area contributed by atoms with Gasteiger partial charge in [-0.15, -0.1) is 0 Å². The van der Waals surface area contributed by atoms with Crippen LogP contribution < -0.4 is 9.13 Å². The summed E-state index contributed by atoms with van der Waals surface area (Å²) < 4.78 is 84.0. The van der Waals surface area contributed by atoms with Crippen molar-refractivity contribution in [3.63, 3.8) is 0 Å². The van der Waals surface area contributed by atoms with E-state index >= 15 is 0 Å². The van der Waals surface area contributed by atoms with Crippen molar-refractivity contribution in [2.24, 2.45) is 0 Å². The van der Waals surface area contributed by atoms with E-state index in [1.54, 1.807) is 24.3 Å². The molecular formula is C38H44N4O8S2. The predicted octanol–water partition coefficient (Wildman–Crippen LogP) is 4.33. The SMILES string of the molecule is Cc1ccc(S(=O)(=O)[O-])cc1.Cc1ccc(S(=O)(=O)[O-])cc1.Cc1n2c3ccccc3[n+]1CCOCC[n+]1c(C)n(c3ccccc31)CCOCC2. The number of imidazole rings is 2. The molecule has 1 aliphatic rings. The van der Waals surface area contributed by atoms with Gasteiger partial charge >= 0.3 is 0 Å². The Hall–Kier alpha value is -4.44. The van der Waals surface area contributed by atoms with Gasteiger partial charge in [0.05, 0.1) is 36.2 Å². The monoisotopic (exact) mass is 748 g/mol. The van der Waals surface area contributed by atoms with E-state index in [2.05, 4.69) is 80.6 Å². The van der Waals surface area contributed by atoms with Gasteiger partial charge in [-0.1, -0.05) is 59.7 Å². The molecule has 0 saturated heterocycles. The normalized spacial score (nSPS) is 14.3. The molecule has 7 rings (SSSR count). The van der Waals surface area contributed by atoms with Gasteiger partial charge in [0.15, 0.2) is 22.1 Å². The molecule has 1 aliphatic heterocycles. The zero-order valence-electron chi connectivity index (χ0n) is 29.8. The van der Waals surface area contributed by atoms with Crippen LogP contribution in [0.2, 0.25) is 0 Å². The van der Waals surface area contributed by atoms with Crippen LogP contribution in [0, 0.1) is 27.7 Å². The number of hydrogen-bond donors (Lipinski definition) is 0. The Bertz CT molecular complexity index is 2100. The van der Waals surface area contributed by atoms with Gasteiger partial charge in [0.2, 0.25) is 0 Å². The van der Waals surface area contributed by atoms with Crippen molar-refractivity contribution < 1.29 is 44.5 Å². The Labute approximate surface area is 305 Å². The first kappa shape index (κ1) is 38.8.